The van der Waals surface area contributed by atoms with E-state index in [1.165, 1.54) is 5.56 Å². The molecule has 0 aliphatic carbocycles. The molecular weight excluding hydrogens is 252 g/mol. The highest BCUT2D eigenvalue weighted by atomic mass is 16.5. The molecule has 0 amide bonds. The summed E-state index contributed by atoms with van der Waals surface area (Å²) in [5.41, 5.74) is 2.39. The van der Waals surface area contributed by atoms with E-state index in [0.29, 0.717) is 0 Å². The summed E-state index contributed by atoms with van der Waals surface area (Å²) in [5.74, 6) is 0.907. The number of methoxy groups -OCH3 is 1. The lowest BCUT2D eigenvalue weighted by atomic mass is 10.0. The molecule has 0 radical (unpaired) electrons. The van der Waals surface area contributed by atoms with E-state index in [2.05, 4.69) is 41.4 Å². The van der Waals surface area contributed by atoms with E-state index in [1.807, 2.05) is 10.7 Å². The second-order valence-electron chi connectivity index (χ2n) is 4.87. The number of aryl methyl sites for hydroxylation is 1. The molecule has 0 spiro atoms. The van der Waals surface area contributed by atoms with Gasteiger partial charge in [0.2, 0.25) is 0 Å². The molecule has 2 rings (SSSR count). The highest BCUT2D eigenvalue weighted by molar-refractivity contribution is 5.39. The summed E-state index contributed by atoms with van der Waals surface area (Å²) in [6.07, 6.45) is 4.38. The highest BCUT2D eigenvalue weighted by Crippen LogP contribution is 2.27. The number of nitrogens with zero attached hydrogens (tertiary/aromatic N) is 3. The molecule has 0 saturated carbocycles. The van der Waals surface area contributed by atoms with Gasteiger partial charge in [0, 0.05) is 5.56 Å². The van der Waals surface area contributed by atoms with Crippen molar-refractivity contribution in [3.05, 3.63) is 42.0 Å². The van der Waals surface area contributed by atoms with Crippen LogP contribution in [0.15, 0.2) is 30.9 Å². The molecule has 0 saturated heterocycles. The molecule has 5 nitrogen and oxygen atoms in total. The quantitative estimate of drug-likeness (QED) is 0.842. The van der Waals surface area contributed by atoms with Gasteiger partial charge in [-0.15, -0.1) is 0 Å². The lowest BCUT2D eigenvalue weighted by Crippen LogP contribution is -2.27. The second-order valence-corrected chi connectivity index (χ2v) is 4.87. The van der Waals surface area contributed by atoms with Crippen LogP contribution >= 0.6 is 0 Å². The molecule has 0 aliphatic rings. The lowest BCUT2D eigenvalue weighted by Gasteiger charge is -2.21. The van der Waals surface area contributed by atoms with E-state index in [1.54, 1.807) is 19.8 Å². The van der Waals surface area contributed by atoms with Crippen molar-refractivity contribution in [2.24, 2.45) is 0 Å². The Balaban J connectivity index is 2.27. The molecule has 1 N–H and O–H groups in total. The van der Waals surface area contributed by atoms with Crippen LogP contribution in [0.3, 0.4) is 0 Å². The first-order chi connectivity index (χ1) is 9.74. The molecule has 1 aromatic heterocycles. The first-order valence-corrected chi connectivity index (χ1v) is 6.95. The number of hydrogen-bond donors (Lipinski definition) is 1. The van der Waals surface area contributed by atoms with Crippen LogP contribution < -0.4 is 10.1 Å². The maximum Gasteiger partial charge on any atom is 0.137 e. The fourth-order valence-corrected chi connectivity index (χ4v) is 2.23. The van der Waals surface area contributed by atoms with Crippen molar-refractivity contribution in [1.82, 2.24) is 20.1 Å². The average molecular weight is 274 g/mol. The number of nitrogens with one attached hydrogen (secondary N) is 1. The third kappa shape index (κ3) is 3.57. The minimum absolute atomic E-state index is 0.159. The molecule has 1 heterocycles. The monoisotopic (exact) mass is 274 g/mol. The first-order valence-electron chi connectivity index (χ1n) is 6.95. The minimum atomic E-state index is 0.159. The Labute approximate surface area is 120 Å². The maximum atomic E-state index is 5.50. The van der Waals surface area contributed by atoms with Crippen LogP contribution in [0.5, 0.6) is 5.75 Å². The fourth-order valence-electron chi connectivity index (χ4n) is 2.23. The van der Waals surface area contributed by atoms with Crippen molar-refractivity contribution in [3.63, 3.8) is 0 Å². The predicted molar refractivity (Wildman–Crippen MR) is 78.8 cm³/mol. The van der Waals surface area contributed by atoms with Gasteiger partial charge in [0.25, 0.3) is 0 Å². The molecule has 1 atom stereocenters. The highest BCUT2D eigenvalue weighted by Gasteiger charge is 2.16. The third-order valence-corrected chi connectivity index (χ3v) is 3.24. The van der Waals surface area contributed by atoms with Gasteiger partial charge in [-0.1, -0.05) is 24.6 Å². The van der Waals surface area contributed by atoms with Gasteiger partial charge in [-0.3, -0.25) is 4.68 Å². The van der Waals surface area contributed by atoms with E-state index in [-0.39, 0.29) is 6.04 Å². The molecular formula is C15H22N4O. The van der Waals surface area contributed by atoms with Crippen molar-refractivity contribution in [2.75, 3.05) is 13.7 Å². The lowest BCUT2D eigenvalue weighted by molar-refractivity contribution is 0.383. The van der Waals surface area contributed by atoms with Gasteiger partial charge in [-0.05, 0) is 26.0 Å². The van der Waals surface area contributed by atoms with Crippen LogP contribution in [-0.4, -0.2) is 28.4 Å². The molecule has 0 aliphatic heterocycles. The summed E-state index contributed by atoms with van der Waals surface area (Å²) in [6.45, 7) is 5.94. The number of ether oxygens (including phenoxy) is 1. The molecule has 1 unspecified atom stereocenters. The number of hydrogen-bond acceptors (Lipinski definition) is 4. The van der Waals surface area contributed by atoms with Crippen molar-refractivity contribution >= 4 is 0 Å². The molecule has 5 heteroatoms. The fraction of sp³-hybridized carbons (Fsp3) is 0.467. The Kier molecular flexibility index (Phi) is 5.12. The SMILES string of the molecule is CCCNC(Cn1cncn1)c1cc(C)ccc1OC. The summed E-state index contributed by atoms with van der Waals surface area (Å²) >= 11 is 0. The molecule has 108 valence electrons. The molecule has 1 aromatic carbocycles. The number of aromatic nitrogens is 3. The third-order valence-electron chi connectivity index (χ3n) is 3.24. The topological polar surface area (TPSA) is 52.0 Å². The van der Waals surface area contributed by atoms with Crippen LogP contribution in [0.2, 0.25) is 0 Å². The van der Waals surface area contributed by atoms with E-state index in [4.69, 9.17) is 4.74 Å². The average Bonchev–Trinajstić information content (AvgIpc) is 2.96. The molecule has 20 heavy (non-hydrogen) atoms. The Morgan fingerprint density at radius 3 is 2.90 bits per heavy atom. The van der Waals surface area contributed by atoms with Gasteiger partial charge in [-0.25, -0.2) is 4.98 Å². The minimum Gasteiger partial charge on any atom is -0.496 e. The van der Waals surface area contributed by atoms with Crippen LogP contribution in [0.25, 0.3) is 0 Å². The van der Waals surface area contributed by atoms with E-state index >= 15 is 0 Å². The zero-order valence-corrected chi connectivity index (χ0v) is 12.3. The Bertz CT molecular complexity index is 525. The Morgan fingerprint density at radius 2 is 2.25 bits per heavy atom. The van der Waals surface area contributed by atoms with Crippen LogP contribution in [-0.2, 0) is 6.54 Å². The molecule has 0 fully saturated rings. The Hall–Kier alpha value is -1.88. The van der Waals surface area contributed by atoms with Gasteiger partial charge in [-0.2, -0.15) is 5.10 Å². The Morgan fingerprint density at radius 1 is 1.40 bits per heavy atom. The zero-order valence-electron chi connectivity index (χ0n) is 12.3. The summed E-state index contributed by atoms with van der Waals surface area (Å²) in [7, 11) is 1.71. The number of benzene rings is 1. The smallest absolute Gasteiger partial charge is 0.137 e. The van der Waals surface area contributed by atoms with Crippen molar-refractivity contribution < 1.29 is 4.74 Å². The normalized spacial score (nSPS) is 12.3. The molecule has 0 bridgehead atoms. The summed E-state index contributed by atoms with van der Waals surface area (Å²) in [6, 6.07) is 6.41. The second kappa shape index (κ2) is 7.05. The van der Waals surface area contributed by atoms with Gasteiger partial charge >= 0.3 is 0 Å². The van der Waals surface area contributed by atoms with Gasteiger partial charge in [0.05, 0.1) is 19.7 Å². The van der Waals surface area contributed by atoms with Crippen LogP contribution in [0, 0.1) is 6.92 Å². The van der Waals surface area contributed by atoms with Gasteiger partial charge < -0.3 is 10.1 Å². The predicted octanol–water partition coefficient (Wildman–Crippen LogP) is 2.34. The maximum absolute atomic E-state index is 5.50. The largest absolute Gasteiger partial charge is 0.496 e. The van der Waals surface area contributed by atoms with Crippen molar-refractivity contribution in [3.8, 4) is 5.75 Å². The van der Waals surface area contributed by atoms with E-state index in [9.17, 15) is 0 Å². The zero-order chi connectivity index (χ0) is 14.4. The summed E-state index contributed by atoms with van der Waals surface area (Å²) in [4.78, 5) is 4.00. The standard InChI is InChI=1S/C15H22N4O/c1-4-7-17-14(9-19-11-16-10-18-19)13-8-12(2)5-6-15(13)20-3/h5-6,8,10-11,14,17H,4,7,9H2,1-3H3. The summed E-state index contributed by atoms with van der Waals surface area (Å²) in [5, 5.41) is 7.75. The van der Waals surface area contributed by atoms with Crippen LogP contribution in [0.4, 0.5) is 0 Å². The van der Waals surface area contributed by atoms with Crippen molar-refractivity contribution in [1.29, 1.82) is 0 Å². The number of rotatable bonds is 7. The molecule has 2 aromatic rings. The summed E-state index contributed by atoms with van der Waals surface area (Å²) < 4.78 is 7.34. The van der Waals surface area contributed by atoms with E-state index < -0.39 is 0 Å². The first kappa shape index (κ1) is 14.5. The van der Waals surface area contributed by atoms with Crippen molar-refractivity contribution in [2.45, 2.75) is 32.9 Å². The van der Waals surface area contributed by atoms with Gasteiger partial charge in [0.1, 0.15) is 18.4 Å². The van der Waals surface area contributed by atoms with Gasteiger partial charge in [0.15, 0.2) is 0 Å². The van der Waals surface area contributed by atoms with Crippen LogP contribution in [0.1, 0.15) is 30.5 Å². The van der Waals surface area contributed by atoms with E-state index in [0.717, 1.165) is 30.8 Å².